The van der Waals surface area contributed by atoms with Crippen LogP contribution in [0.2, 0.25) is 0 Å². The third-order valence-electron chi connectivity index (χ3n) is 2.35. The van der Waals surface area contributed by atoms with Crippen molar-refractivity contribution in [3.63, 3.8) is 0 Å². The molecule has 0 spiro atoms. The van der Waals surface area contributed by atoms with Crippen molar-refractivity contribution in [3.05, 3.63) is 48.8 Å². The van der Waals surface area contributed by atoms with Crippen molar-refractivity contribution in [2.45, 2.75) is 0 Å². The summed E-state index contributed by atoms with van der Waals surface area (Å²) < 4.78 is 0. The van der Waals surface area contributed by atoms with E-state index < -0.39 is 0 Å². The molecule has 0 amide bonds. The Bertz CT molecular complexity index is 604. The summed E-state index contributed by atoms with van der Waals surface area (Å²) in [6.07, 6.45) is 3.39. The first-order chi connectivity index (χ1) is 8.43. The van der Waals surface area contributed by atoms with Gasteiger partial charge in [0.25, 0.3) is 0 Å². The molecule has 3 heterocycles. The predicted molar refractivity (Wildman–Crippen MR) is 62.8 cm³/mol. The third-order valence-corrected chi connectivity index (χ3v) is 2.35. The summed E-state index contributed by atoms with van der Waals surface area (Å²) in [6.45, 7) is 0. The van der Waals surface area contributed by atoms with Crippen LogP contribution in [0.15, 0.2) is 48.8 Å². The van der Waals surface area contributed by atoms with Gasteiger partial charge in [-0.05, 0) is 24.3 Å². The van der Waals surface area contributed by atoms with Gasteiger partial charge >= 0.3 is 0 Å². The fourth-order valence-electron chi connectivity index (χ4n) is 1.56. The first kappa shape index (κ1) is 9.65. The average molecular weight is 223 g/mol. The van der Waals surface area contributed by atoms with E-state index in [2.05, 4.69) is 25.4 Å². The van der Waals surface area contributed by atoms with E-state index in [1.54, 1.807) is 12.4 Å². The van der Waals surface area contributed by atoms with Gasteiger partial charge in [0, 0.05) is 6.20 Å². The van der Waals surface area contributed by atoms with Crippen LogP contribution < -0.4 is 0 Å². The Morgan fingerprint density at radius 2 is 1.65 bits per heavy atom. The summed E-state index contributed by atoms with van der Waals surface area (Å²) in [4.78, 5) is 8.77. The zero-order valence-electron chi connectivity index (χ0n) is 8.91. The van der Waals surface area contributed by atoms with Crippen molar-refractivity contribution in [3.8, 4) is 22.8 Å². The van der Waals surface area contributed by atoms with Crippen LogP contribution in [-0.2, 0) is 0 Å². The molecule has 3 aromatic rings. The Hall–Kier alpha value is -2.56. The number of nitrogens with one attached hydrogen (secondary N) is 1. The molecule has 3 aromatic heterocycles. The molecule has 0 saturated carbocycles. The lowest BCUT2D eigenvalue weighted by Crippen LogP contribution is -1.89. The second-order valence-electron chi connectivity index (χ2n) is 3.48. The highest BCUT2D eigenvalue weighted by atomic mass is 15.3. The topological polar surface area (TPSA) is 67.3 Å². The van der Waals surface area contributed by atoms with Gasteiger partial charge in [-0.2, -0.15) is 15.4 Å². The smallest absolute Gasteiger partial charge is 0.131 e. The minimum absolute atomic E-state index is 0.725. The quantitative estimate of drug-likeness (QED) is 0.720. The number of H-pyrrole nitrogens is 1. The van der Waals surface area contributed by atoms with E-state index in [1.807, 2.05) is 36.4 Å². The molecule has 82 valence electrons. The molecule has 5 nitrogen and oxygen atoms in total. The first-order valence-corrected chi connectivity index (χ1v) is 5.18. The normalized spacial score (nSPS) is 10.4. The van der Waals surface area contributed by atoms with Crippen molar-refractivity contribution >= 4 is 0 Å². The maximum atomic E-state index is 4.50. The fourth-order valence-corrected chi connectivity index (χ4v) is 1.56. The summed E-state index contributed by atoms with van der Waals surface area (Å²) in [5.41, 5.74) is 3.17. The number of nitrogens with zero attached hydrogens (tertiary/aromatic N) is 4. The molecule has 5 heteroatoms. The molecular weight excluding hydrogens is 214 g/mol. The zero-order chi connectivity index (χ0) is 11.5. The molecule has 0 saturated heterocycles. The molecule has 0 aliphatic rings. The summed E-state index contributed by atoms with van der Waals surface area (Å²) >= 11 is 0. The lowest BCUT2D eigenvalue weighted by molar-refractivity contribution is 0.941. The Kier molecular flexibility index (Phi) is 2.34. The van der Waals surface area contributed by atoms with Crippen LogP contribution >= 0.6 is 0 Å². The number of rotatable bonds is 2. The van der Waals surface area contributed by atoms with Crippen molar-refractivity contribution < 1.29 is 0 Å². The van der Waals surface area contributed by atoms with E-state index in [-0.39, 0.29) is 0 Å². The summed E-state index contributed by atoms with van der Waals surface area (Å²) in [7, 11) is 0. The third kappa shape index (κ3) is 1.90. The maximum Gasteiger partial charge on any atom is 0.131 e. The van der Waals surface area contributed by atoms with E-state index >= 15 is 0 Å². The number of aromatic amines is 1. The van der Waals surface area contributed by atoms with Crippen LogP contribution in [0.1, 0.15) is 0 Å². The number of hydrogen-bond acceptors (Lipinski definition) is 4. The molecule has 0 aliphatic heterocycles. The lowest BCUT2D eigenvalue weighted by atomic mass is 10.2. The first-order valence-electron chi connectivity index (χ1n) is 5.18. The molecule has 0 aromatic carbocycles. The monoisotopic (exact) mass is 223 g/mol. The molecule has 0 atom stereocenters. The van der Waals surface area contributed by atoms with Crippen LogP contribution in [0.25, 0.3) is 22.8 Å². The standard InChI is InChI=1S/C12H9N5/c1-2-7-13-9(4-1)10-5-3-6-11(15-10)12-8-14-17-16-12/h1-8H,(H,14,16,17). The Morgan fingerprint density at radius 3 is 2.35 bits per heavy atom. The molecule has 0 radical (unpaired) electrons. The van der Waals surface area contributed by atoms with Gasteiger partial charge in [-0.15, -0.1) is 0 Å². The van der Waals surface area contributed by atoms with Gasteiger partial charge in [-0.1, -0.05) is 12.1 Å². The molecule has 1 N–H and O–H groups in total. The zero-order valence-corrected chi connectivity index (χ0v) is 8.91. The van der Waals surface area contributed by atoms with Crippen LogP contribution in [0.3, 0.4) is 0 Å². The fraction of sp³-hybridized carbons (Fsp3) is 0. The van der Waals surface area contributed by atoms with E-state index in [9.17, 15) is 0 Å². The second kappa shape index (κ2) is 4.13. The average Bonchev–Trinajstić information content (AvgIpc) is 2.94. The molecular formula is C12H9N5. The Balaban J connectivity index is 2.06. The van der Waals surface area contributed by atoms with E-state index in [0.29, 0.717) is 0 Å². The second-order valence-corrected chi connectivity index (χ2v) is 3.48. The largest absolute Gasteiger partial charge is 0.255 e. The van der Waals surface area contributed by atoms with Gasteiger partial charge in [0.1, 0.15) is 5.69 Å². The Labute approximate surface area is 97.6 Å². The number of pyridine rings is 2. The molecule has 0 aliphatic carbocycles. The van der Waals surface area contributed by atoms with E-state index in [4.69, 9.17) is 0 Å². The summed E-state index contributed by atoms with van der Waals surface area (Å²) in [5.74, 6) is 0. The highest BCUT2D eigenvalue weighted by molar-refractivity contribution is 5.60. The van der Waals surface area contributed by atoms with Gasteiger partial charge in [0.2, 0.25) is 0 Å². The van der Waals surface area contributed by atoms with Gasteiger partial charge in [-0.25, -0.2) is 4.98 Å². The maximum absolute atomic E-state index is 4.50. The van der Waals surface area contributed by atoms with Gasteiger partial charge in [-0.3, -0.25) is 4.98 Å². The van der Waals surface area contributed by atoms with E-state index in [0.717, 1.165) is 22.8 Å². The Morgan fingerprint density at radius 1 is 0.824 bits per heavy atom. The molecule has 0 unspecified atom stereocenters. The van der Waals surface area contributed by atoms with Gasteiger partial charge in [0.15, 0.2) is 0 Å². The van der Waals surface area contributed by atoms with Crippen LogP contribution in [0, 0.1) is 0 Å². The van der Waals surface area contributed by atoms with E-state index in [1.165, 1.54) is 0 Å². The minimum Gasteiger partial charge on any atom is -0.255 e. The van der Waals surface area contributed by atoms with Crippen molar-refractivity contribution in [2.75, 3.05) is 0 Å². The molecule has 0 fully saturated rings. The minimum atomic E-state index is 0.725. The van der Waals surface area contributed by atoms with Crippen LogP contribution in [-0.4, -0.2) is 25.4 Å². The highest BCUT2D eigenvalue weighted by Crippen LogP contribution is 2.18. The van der Waals surface area contributed by atoms with Gasteiger partial charge in [0.05, 0.1) is 23.3 Å². The molecule has 3 rings (SSSR count). The molecule has 17 heavy (non-hydrogen) atoms. The van der Waals surface area contributed by atoms with Crippen LogP contribution in [0.5, 0.6) is 0 Å². The highest BCUT2D eigenvalue weighted by Gasteiger charge is 2.05. The SMILES string of the molecule is c1ccc(-c2cccc(-c3cn[nH]n3)n2)nc1. The lowest BCUT2D eigenvalue weighted by Gasteiger charge is -2.01. The van der Waals surface area contributed by atoms with Crippen molar-refractivity contribution in [1.29, 1.82) is 0 Å². The number of aromatic nitrogens is 5. The number of hydrogen-bond donors (Lipinski definition) is 1. The summed E-state index contributed by atoms with van der Waals surface area (Å²) in [6, 6.07) is 11.5. The van der Waals surface area contributed by atoms with Crippen molar-refractivity contribution in [2.24, 2.45) is 0 Å². The van der Waals surface area contributed by atoms with Crippen molar-refractivity contribution in [1.82, 2.24) is 25.4 Å². The van der Waals surface area contributed by atoms with Gasteiger partial charge < -0.3 is 0 Å². The predicted octanol–water partition coefficient (Wildman–Crippen LogP) is 1.93. The summed E-state index contributed by atoms with van der Waals surface area (Å²) in [5, 5.41) is 10.3. The molecule has 0 bridgehead atoms. The van der Waals surface area contributed by atoms with Crippen LogP contribution in [0.4, 0.5) is 0 Å².